The van der Waals surface area contributed by atoms with Crippen LogP contribution >= 0.6 is 0 Å². The summed E-state index contributed by atoms with van der Waals surface area (Å²) in [4.78, 5) is 13.8. The topological polar surface area (TPSA) is 60.8 Å². The van der Waals surface area contributed by atoms with Crippen LogP contribution in [0.4, 0.5) is 0 Å². The first kappa shape index (κ1) is 11.9. The van der Waals surface area contributed by atoms with Crippen LogP contribution in [0.25, 0.3) is 0 Å². The number of aliphatic hydroxyl groups excluding tert-OH is 1. The molecule has 1 amide bonds. The minimum Gasteiger partial charge on any atom is -0.507 e. The largest absolute Gasteiger partial charge is 0.507 e. The Labute approximate surface area is 100 Å². The standard InChI is InChI=1S/C13H17NO3/c1-9-3-2-4-11(12(9)16)13(17)14-7-5-10(15)6-8-14/h2-4,10,15-16H,5-8H2,1H3. The Morgan fingerprint density at radius 1 is 1.35 bits per heavy atom. The molecule has 0 unspecified atom stereocenters. The van der Waals surface area contributed by atoms with Crippen molar-refractivity contribution in [1.29, 1.82) is 0 Å². The van der Waals surface area contributed by atoms with Gasteiger partial charge in [-0.2, -0.15) is 0 Å². The highest BCUT2D eigenvalue weighted by Gasteiger charge is 2.24. The number of aromatic hydroxyl groups is 1. The maximum atomic E-state index is 12.2. The summed E-state index contributed by atoms with van der Waals surface area (Å²) < 4.78 is 0. The van der Waals surface area contributed by atoms with Crippen LogP contribution in [0.2, 0.25) is 0 Å². The number of likely N-dealkylation sites (tertiary alicyclic amines) is 1. The van der Waals surface area contributed by atoms with Crippen LogP contribution in [0.15, 0.2) is 18.2 Å². The van der Waals surface area contributed by atoms with Gasteiger partial charge in [0.25, 0.3) is 5.91 Å². The molecule has 2 rings (SSSR count). The minimum atomic E-state index is -0.301. The molecule has 2 N–H and O–H groups in total. The van der Waals surface area contributed by atoms with Crippen molar-refractivity contribution in [2.24, 2.45) is 0 Å². The molecule has 1 fully saturated rings. The molecular formula is C13H17NO3. The van der Waals surface area contributed by atoms with E-state index in [9.17, 15) is 15.0 Å². The van der Waals surface area contributed by atoms with Gasteiger partial charge in [-0.3, -0.25) is 4.79 Å². The summed E-state index contributed by atoms with van der Waals surface area (Å²) in [5, 5.41) is 19.2. The number of nitrogens with zero attached hydrogens (tertiary/aromatic N) is 1. The molecule has 1 aromatic rings. The van der Waals surface area contributed by atoms with Crippen molar-refractivity contribution >= 4 is 5.91 Å². The summed E-state index contributed by atoms with van der Waals surface area (Å²) in [5.74, 6) is -0.0956. The van der Waals surface area contributed by atoms with Gasteiger partial charge >= 0.3 is 0 Å². The molecular weight excluding hydrogens is 218 g/mol. The van der Waals surface area contributed by atoms with E-state index in [1.54, 1.807) is 30.0 Å². The lowest BCUT2D eigenvalue weighted by Crippen LogP contribution is -2.40. The summed E-state index contributed by atoms with van der Waals surface area (Å²) >= 11 is 0. The Bertz CT molecular complexity index is 423. The number of phenols is 1. The number of piperidine rings is 1. The number of phenolic OH excluding ortho intramolecular Hbond substituents is 1. The lowest BCUT2D eigenvalue weighted by atomic mass is 10.0. The third-order valence-corrected chi connectivity index (χ3v) is 3.22. The summed E-state index contributed by atoms with van der Waals surface area (Å²) in [6, 6.07) is 5.17. The first-order valence-corrected chi connectivity index (χ1v) is 5.85. The molecule has 17 heavy (non-hydrogen) atoms. The Morgan fingerprint density at radius 2 is 2.00 bits per heavy atom. The van der Waals surface area contributed by atoms with E-state index in [2.05, 4.69) is 0 Å². The zero-order chi connectivity index (χ0) is 12.4. The van der Waals surface area contributed by atoms with Crippen LogP contribution in [0.3, 0.4) is 0 Å². The van der Waals surface area contributed by atoms with Gasteiger partial charge < -0.3 is 15.1 Å². The Kier molecular flexibility index (Phi) is 3.33. The van der Waals surface area contributed by atoms with Gasteiger partial charge in [-0.1, -0.05) is 12.1 Å². The Balaban J connectivity index is 2.17. The summed E-state index contributed by atoms with van der Waals surface area (Å²) in [6.45, 7) is 2.87. The second kappa shape index (κ2) is 4.75. The fraction of sp³-hybridized carbons (Fsp3) is 0.462. The van der Waals surface area contributed by atoms with Crippen LogP contribution in [0.1, 0.15) is 28.8 Å². The molecule has 0 saturated carbocycles. The predicted octanol–water partition coefficient (Wildman–Crippen LogP) is 1.30. The van der Waals surface area contributed by atoms with Gasteiger partial charge in [-0.25, -0.2) is 0 Å². The van der Waals surface area contributed by atoms with Crippen LogP contribution in [0.5, 0.6) is 5.75 Å². The number of aliphatic hydroxyl groups is 1. The molecule has 92 valence electrons. The second-order valence-corrected chi connectivity index (χ2v) is 4.49. The maximum Gasteiger partial charge on any atom is 0.257 e. The van der Waals surface area contributed by atoms with E-state index in [1.165, 1.54) is 0 Å². The Morgan fingerprint density at radius 3 is 2.65 bits per heavy atom. The van der Waals surface area contributed by atoms with Gasteiger partial charge in [-0.15, -0.1) is 0 Å². The zero-order valence-corrected chi connectivity index (χ0v) is 9.89. The SMILES string of the molecule is Cc1cccc(C(=O)N2CCC(O)CC2)c1O. The molecule has 0 atom stereocenters. The molecule has 4 nitrogen and oxygen atoms in total. The highest BCUT2D eigenvalue weighted by atomic mass is 16.3. The van der Waals surface area contributed by atoms with Crippen LogP contribution < -0.4 is 0 Å². The molecule has 0 aliphatic carbocycles. The third kappa shape index (κ3) is 2.42. The monoisotopic (exact) mass is 235 g/mol. The average Bonchev–Trinajstić information content (AvgIpc) is 2.33. The minimum absolute atomic E-state index is 0.0589. The molecule has 0 spiro atoms. The lowest BCUT2D eigenvalue weighted by molar-refractivity contribution is 0.0544. The molecule has 1 aromatic carbocycles. The van der Waals surface area contributed by atoms with Crippen molar-refractivity contribution in [2.75, 3.05) is 13.1 Å². The highest BCUT2D eigenvalue weighted by Crippen LogP contribution is 2.24. The maximum absolute atomic E-state index is 12.2. The second-order valence-electron chi connectivity index (χ2n) is 4.49. The number of rotatable bonds is 1. The molecule has 4 heteroatoms. The summed E-state index contributed by atoms with van der Waals surface area (Å²) in [7, 11) is 0. The van der Waals surface area contributed by atoms with Gasteiger partial charge in [0.1, 0.15) is 5.75 Å². The lowest BCUT2D eigenvalue weighted by Gasteiger charge is -2.29. The predicted molar refractivity (Wildman–Crippen MR) is 64.0 cm³/mol. The molecule has 0 aromatic heterocycles. The van der Waals surface area contributed by atoms with Gasteiger partial charge in [0.15, 0.2) is 0 Å². The number of benzene rings is 1. The fourth-order valence-electron chi connectivity index (χ4n) is 2.07. The van der Waals surface area contributed by atoms with E-state index < -0.39 is 0 Å². The fourth-order valence-corrected chi connectivity index (χ4v) is 2.07. The smallest absolute Gasteiger partial charge is 0.257 e. The van der Waals surface area contributed by atoms with Gasteiger partial charge in [0.2, 0.25) is 0 Å². The van der Waals surface area contributed by atoms with Crippen LogP contribution in [0, 0.1) is 6.92 Å². The Hall–Kier alpha value is -1.55. The molecule has 0 radical (unpaired) electrons. The molecule has 1 aliphatic heterocycles. The molecule has 1 aliphatic rings. The molecule has 0 bridgehead atoms. The number of hydrogen-bond donors (Lipinski definition) is 2. The van der Waals surface area contributed by atoms with E-state index in [4.69, 9.17) is 0 Å². The number of aryl methyl sites for hydroxylation is 1. The first-order valence-electron chi connectivity index (χ1n) is 5.85. The van der Waals surface area contributed by atoms with Crippen molar-refractivity contribution in [3.05, 3.63) is 29.3 Å². The number of carbonyl (C=O) groups excluding carboxylic acids is 1. The molecule has 1 heterocycles. The molecule has 1 saturated heterocycles. The third-order valence-electron chi connectivity index (χ3n) is 3.22. The van der Waals surface area contributed by atoms with Gasteiger partial charge in [0.05, 0.1) is 11.7 Å². The number of amides is 1. The van der Waals surface area contributed by atoms with Crippen molar-refractivity contribution in [2.45, 2.75) is 25.9 Å². The van der Waals surface area contributed by atoms with Crippen LogP contribution in [-0.2, 0) is 0 Å². The van der Waals surface area contributed by atoms with Crippen LogP contribution in [-0.4, -0.2) is 40.2 Å². The quantitative estimate of drug-likeness (QED) is 0.771. The summed E-state index contributed by atoms with van der Waals surface area (Å²) in [5.41, 5.74) is 1.05. The van der Waals surface area contributed by atoms with Crippen molar-refractivity contribution in [3.63, 3.8) is 0 Å². The van der Waals surface area contributed by atoms with Crippen molar-refractivity contribution in [1.82, 2.24) is 4.90 Å². The van der Waals surface area contributed by atoms with E-state index in [-0.39, 0.29) is 17.8 Å². The number of hydrogen-bond acceptors (Lipinski definition) is 3. The zero-order valence-electron chi connectivity index (χ0n) is 9.89. The van der Waals surface area contributed by atoms with E-state index >= 15 is 0 Å². The summed E-state index contributed by atoms with van der Waals surface area (Å²) in [6.07, 6.45) is 0.918. The van der Waals surface area contributed by atoms with Crippen molar-refractivity contribution < 1.29 is 15.0 Å². The van der Waals surface area contributed by atoms with Gasteiger partial charge in [0, 0.05) is 13.1 Å². The first-order chi connectivity index (χ1) is 8.09. The van der Waals surface area contributed by atoms with E-state index in [0.29, 0.717) is 37.1 Å². The normalized spacial score (nSPS) is 17.2. The average molecular weight is 235 g/mol. The van der Waals surface area contributed by atoms with E-state index in [1.807, 2.05) is 0 Å². The number of para-hydroxylation sites is 1. The van der Waals surface area contributed by atoms with Gasteiger partial charge in [-0.05, 0) is 31.4 Å². The van der Waals surface area contributed by atoms with E-state index in [0.717, 1.165) is 0 Å². The highest BCUT2D eigenvalue weighted by molar-refractivity contribution is 5.97. The number of carbonyl (C=O) groups is 1. The van der Waals surface area contributed by atoms with Crippen molar-refractivity contribution in [3.8, 4) is 5.75 Å².